The molecule has 2 aromatic heterocycles. The Labute approximate surface area is 228 Å². The van der Waals surface area contributed by atoms with Gasteiger partial charge >= 0.3 is 23.5 Å². The van der Waals surface area contributed by atoms with E-state index >= 15 is 0 Å². The molecule has 7 atom stereocenters. The first-order valence-electron chi connectivity index (χ1n) is 11.3. The molecule has 4 unspecified atom stereocenters. The lowest BCUT2D eigenvalue weighted by molar-refractivity contribution is -0.152. The minimum Gasteiger partial charge on any atom is -0.497 e. The Hall–Kier alpha value is -2.54. The summed E-state index contributed by atoms with van der Waals surface area (Å²) in [6.07, 6.45) is -3.99. The van der Waals surface area contributed by atoms with Gasteiger partial charge in [0, 0.05) is 5.56 Å². The molecule has 224 valence electrons. The first-order chi connectivity index (χ1) is 19.1. The maximum Gasteiger partial charge on any atom is 0.490 e. The van der Waals surface area contributed by atoms with Crippen LogP contribution in [0.3, 0.4) is 0 Å². The zero-order chi connectivity index (χ0) is 29.7. The molecule has 0 saturated carbocycles. The van der Waals surface area contributed by atoms with Crippen molar-refractivity contribution in [1.29, 1.82) is 0 Å². The summed E-state index contributed by atoms with van der Waals surface area (Å²) in [6, 6.07) is 6.68. The number of ether oxygens (including phenoxy) is 4. The number of hydrogen-bond donors (Lipinski definition) is 6. The van der Waals surface area contributed by atoms with Crippen LogP contribution in [-0.2, 0) is 41.1 Å². The number of H-pyrrole nitrogens is 1. The van der Waals surface area contributed by atoms with Gasteiger partial charge in [0.1, 0.15) is 24.1 Å². The number of phosphoric ester groups is 1. The van der Waals surface area contributed by atoms with Gasteiger partial charge in [0.05, 0.1) is 20.0 Å². The summed E-state index contributed by atoms with van der Waals surface area (Å²) < 4.78 is 71.6. The third-order valence-corrected chi connectivity index (χ3v) is 9.58. The minimum absolute atomic E-state index is 0.0278. The number of nitrogen functional groups attached to an aromatic ring is 1. The van der Waals surface area contributed by atoms with Crippen LogP contribution < -0.4 is 16.0 Å². The van der Waals surface area contributed by atoms with Gasteiger partial charge in [-0.2, -0.15) is 13.6 Å². The van der Waals surface area contributed by atoms with Crippen LogP contribution in [0.15, 0.2) is 35.4 Å². The summed E-state index contributed by atoms with van der Waals surface area (Å²) in [4.78, 5) is 59.4. The minimum atomic E-state index is -5.74. The van der Waals surface area contributed by atoms with Crippen LogP contribution in [0.2, 0.25) is 0 Å². The highest BCUT2D eigenvalue weighted by molar-refractivity contribution is 7.66. The number of nitrogens with zero attached hydrogens (tertiary/aromatic N) is 3. The van der Waals surface area contributed by atoms with Crippen LogP contribution in [0, 0.1) is 0 Å². The monoisotopic (exact) mass is 641 g/mol. The van der Waals surface area contributed by atoms with Crippen molar-refractivity contribution in [1.82, 2.24) is 19.5 Å². The maximum absolute atomic E-state index is 12.3. The predicted octanol–water partition coefficient (Wildman–Crippen LogP) is 0.434. The maximum atomic E-state index is 12.3. The first-order valence-corrected chi connectivity index (χ1v) is 15.8. The number of aromatic nitrogens is 4. The van der Waals surface area contributed by atoms with Gasteiger partial charge in [-0.25, -0.2) is 18.7 Å². The number of anilines is 1. The van der Waals surface area contributed by atoms with E-state index in [0.717, 1.165) is 0 Å². The van der Waals surface area contributed by atoms with E-state index in [2.05, 4.69) is 23.6 Å². The molecule has 2 aliphatic rings. The summed E-state index contributed by atoms with van der Waals surface area (Å²) in [5, 5.41) is 0. The summed E-state index contributed by atoms with van der Waals surface area (Å²) in [5.41, 5.74) is 5.59. The number of methoxy groups -OCH3 is 1. The number of imidazole rings is 1. The molecule has 0 bridgehead atoms. The van der Waals surface area contributed by atoms with Crippen LogP contribution in [0.5, 0.6) is 5.75 Å². The Balaban J connectivity index is 1.41. The Morgan fingerprint density at radius 1 is 1.02 bits per heavy atom. The van der Waals surface area contributed by atoms with Gasteiger partial charge in [0.15, 0.2) is 23.7 Å². The fourth-order valence-corrected chi connectivity index (χ4v) is 7.24. The van der Waals surface area contributed by atoms with E-state index in [-0.39, 0.29) is 17.1 Å². The third kappa shape index (κ3) is 6.60. The molecule has 0 amide bonds. The molecule has 2 aliphatic heterocycles. The number of benzene rings is 1. The van der Waals surface area contributed by atoms with Gasteiger partial charge in [-0.3, -0.25) is 18.9 Å². The molecule has 7 N–H and O–H groups in total. The number of aromatic amines is 1. The second-order valence-electron chi connectivity index (χ2n) is 8.53. The smallest absolute Gasteiger partial charge is 0.490 e. The van der Waals surface area contributed by atoms with E-state index in [1.807, 2.05) is 0 Å². The Morgan fingerprint density at radius 2 is 1.71 bits per heavy atom. The van der Waals surface area contributed by atoms with Crippen LogP contribution in [-0.4, -0.2) is 71.1 Å². The lowest BCUT2D eigenvalue weighted by atomic mass is 10.1. The SMILES string of the molecule is COc1ccc(C2OC3[C@@H](COP(=O)(O)OP(=O)(O)OP(=O)(O)O)O[C@@H](n4cnc5c(=O)[nH]c(N)nc54)[C@H]3O2)cc1. The van der Waals surface area contributed by atoms with Crippen molar-refractivity contribution in [3.63, 3.8) is 0 Å². The molecule has 2 fully saturated rings. The van der Waals surface area contributed by atoms with E-state index in [4.69, 9.17) is 39.0 Å². The van der Waals surface area contributed by atoms with Crippen LogP contribution in [0.4, 0.5) is 5.95 Å². The highest BCUT2D eigenvalue weighted by Crippen LogP contribution is 2.66. The zero-order valence-electron chi connectivity index (χ0n) is 20.5. The molecule has 0 spiro atoms. The quantitative estimate of drug-likeness (QED) is 0.164. The molecular weight excluding hydrogens is 619 g/mol. The largest absolute Gasteiger partial charge is 0.497 e. The van der Waals surface area contributed by atoms with Crippen molar-refractivity contribution in [2.45, 2.75) is 30.8 Å². The number of phosphoric acid groups is 3. The number of rotatable bonds is 10. The molecule has 5 rings (SSSR count). The predicted molar refractivity (Wildman–Crippen MR) is 132 cm³/mol. The molecular formula is C18H22N5O15P3. The second kappa shape index (κ2) is 10.9. The Morgan fingerprint density at radius 3 is 2.37 bits per heavy atom. The van der Waals surface area contributed by atoms with E-state index in [1.54, 1.807) is 24.3 Å². The van der Waals surface area contributed by atoms with Gasteiger partial charge in [0.25, 0.3) is 5.56 Å². The first kappa shape index (κ1) is 29.9. The molecule has 1 aromatic carbocycles. The highest BCUT2D eigenvalue weighted by atomic mass is 31.3. The molecule has 0 radical (unpaired) electrons. The van der Waals surface area contributed by atoms with Crippen molar-refractivity contribution < 1.29 is 65.4 Å². The van der Waals surface area contributed by atoms with Crippen molar-refractivity contribution in [2.75, 3.05) is 19.5 Å². The number of nitrogens with two attached hydrogens (primary N) is 1. The van der Waals surface area contributed by atoms with Crippen LogP contribution in [0.25, 0.3) is 11.2 Å². The van der Waals surface area contributed by atoms with Gasteiger partial charge in [-0.1, -0.05) is 12.1 Å². The standard InChI is InChI=1S/C18H22N5O15P3/c1-32-9-4-2-8(3-5-9)17-35-12-10(6-33-40(28,29)38-41(30,31)37-39(25,26)27)34-16(13(12)36-17)23-7-20-11-14(23)21-18(19)22-15(11)24/h2-5,7,10,12-13,16-17H,6H2,1H3,(H,28,29)(H,30,31)(H2,25,26,27)(H3,19,21,22,24)/t10-,12?,13+,16-,17?/m1/s1. The molecule has 20 nitrogen and oxygen atoms in total. The Kier molecular flexibility index (Phi) is 7.99. The summed E-state index contributed by atoms with van der Waals surface area (Å²) >= 11 is 0. The highest BCUT2D eigenvalue weighted by Gasteiger charge is 2.55. The molecule has 2 saturated heterocycles. The normalized spacial score (nSPS) is 27.4. The second-order valence-corrected chi connectivity index (χ2v) is 13.0. The van der Waals surface area contributed by atoms with Gasteiger partial charge in [-0.15, -0.1) is 0 Å². The number of nitrogens with one attached hydrogen (secondary N) is 1. The number of hydrogen-bond acceptors (Lipinski definition) is 14. The van der Waals surface area contributed by atoms with Crippen molar-refractivity contribution >= 4 is 40.6 Å². The average molecular weight is 641 g/mol. The van der Waals surface area contributed by atoms with E-state index in [9.17, 15) is 28.3 Å². The van der Waals surface area contributed by atoms with Crippen LogP contribution in [0.1, 0.15) is 18.1 Å². The number of fused-ring (bicyclic) bond motifs is 2. The van der Waals surface area contributed by atoms with E-state index < -0.39 is 66.5 Å². The fraction of sp³-hybridized carbons (Fsp3) is 0.389. The van der Waals surface area contributed by atoms with Gasteiger partial charge in [0.2, 0.25) is 5.95 Å². The summed E-state index contributed by atoms with van der Waals surface area (Å²) in [5.74, 6) is 0.364. The topological polar surface area (TPSA) is 286 Å². The molecule has 41 heavy (non-hydrogen) atoms. The molecule has 3 aromatic rings. The lowest BCUT2D eigenvalue weighted by Gasteiger charge is -2.22. The average Bonchev–Trinajstić information content (AvgIpc) is 3.54. The summed E-state index contributed by atoms with van der Waals surface area (Å²) in [6.45, 7) is -0.817. The van der Waals surface area contributed by atoms with Gasteiger partial charge in [-0.05, 0) is 12.1 Å². The summed E-state index contributed by atoms with van der Waals surface area (Å²) in [7, 11) is -15.3. The van der Waals surface area contributed by atoms with E-state index in [1.165, 1.54) is 18.0 Å². The molecule has 4 heterocycles. The molecule has 0 aliphatic carbocycles. The third-order valence-electron chi connectivity index (χ3n) is 5.78. The Bertz CT molecular complexity index is 1640. The van der Waals surface area contributed by atoms with Crippen molar-refractivity contribution in [2.24, 2.45) is 0 Å². The van der Waals surface area contributed by atoms with Crippen molar-refractivity contribution in [3.05, 3.63) is 46.5 Å². The van der Waals surface area contributed by atoms with Gasteiger partial charge < -0.3 is 44.3 Å². The van der Waals surface area contributed by atoms with E-state index in [0.29, 0.717) is 11.3 Å². The fourth-order valence-electron chi connectivity index (χ4n) is 4.21. The van der Waals surface area contributed by atoms with Crippen LogP contribution >= 0.6 is 23.5 Å². The lowest BCUT2D eigenvalue weighted by Crippen LogP contribution is -2.31. The molecule has 23 heteroatoms. The van der Waals surface area contributed by atoms with Crippen molar-refractivity contribution in [3.8, 4) is 5.75 Å². The zero-order valence-corrected chi connectivity index (χ0v) is 23.2.